The third-order valence-corrected chi connectivity index (χ3v) is 5.42. The molecule has 27 heavy (non-hydrogen) atoms. The fraction of sp³-hybridized carbons (Fsp3) is 0.263. The van der Waals surface area contributed by atoms with Crippen LogP contribution in [0.5, 0.6) is 0 Å². The van der Waals surface area contributed by atoms with E-state index in [1.54, 1.807) is 23.0 Å². The normalized spacial score (nSPS) is 12.4. The van der Waals surface area contributed by atoms with Crippen LogP contribution < -0.4 is 4.90 Å². The van der Waals surface area contributed by atoms with Crippen LogP contribution in [-0.2, 0) is 11.3 Å². The molecule has 4 aromatic rings. The molecule has 0 radical (unpaired) electrons. The van der Waals surface area contributed by atoms with Crippen molar-refractivity contribution in [1.82, 2.24) is 24.6 Å². The van der Waals surface area contributed by atoms with Crippen molar-refractivity contribution in [2.75, 3.05) is 19.1 Å². The smallest absolute Gasteiger partial charge is 0.254 e. The molecule has 0 N–H and O–H groups in total. The summed E-state index contributed by atoms with van der Waals surface area (Å²) in [6, 6.07) is 12.1. The summed E-state index contributed by atoms with van der Waals surface area (Å²) >= 11 is 1.61. The number of fused-ring (bicyclic) bond motifs is 1. The highest BCUT2D eigenvalue weighted by Gasteiger charge is 2.15. The van der Waals surface area contributed by atoms with Gasteiger partial charge in [0.25, 0.3) is 5.78 Å². The van der Waals surface area contributed by atoms with E-state index < -0.39 is 0 Å². The van der Waals surface area contributed by atoms with E-state index in [-0.39, 0.29) is 6.10 Å². The molecular weight excluding hydrogens is 360 g/mol. The molecular formula is C19H20N6OS. The van der Waals surface area contributed by atoms with Crippen molar-refractivity contribution in [3.8, 4) is 11.3 Å². The maximum absolute atomic E-state index is 5.35. The lowest BCUT2D eigenvalue weighted by Gasteiger charge is -2.19. The second-order valence-corrected chi connectivity index (χ2v) is 7.14. The van der Waals surface area contributed by atoms with Gasteiger partial charge in [0.15, 0.2) is 0 Å². The van der Waals surface area contributed by atoms with Crippen molar-refractivity contribution >= 4 is 22.9 Å². The zero-order chi connectivity index (χ0) is 18.8. The number of benzene rings is 1. The highest BCUT2D eigenvalue weighted by molar-refractivity contribution is 7.09. The molecule has 7 nitrogen and oxygen atoms in total. The number of hydrogen-bond acceptors (Lipinski definition) is 7. The van der Waals surface area contributed by atoms with Crippen molar-refractivity contribution in [2.45, 2.75) is 19.6 Å². The van der Waals surface area contributed by atoms with Crippen LogP contribution in [0.3, 0.4) is 0 Å². The molecule has 4 rings (SSSR count). The van der Waals surface area contributed by atoms with Gasteiger partial charge in [-0.2, -0.15) is 14.6 Å². The molecule has 3 aromatic heterocycles. The van der Waals surface area contributed by atoms with Crippen LogP contribution in [0, 0.1) is 0 Å². The number of anilines is 1. The Kier molecular flexibility index (Phi) is 4.83. The van der Waals surface area contributed by atoms with Crippen LogP contribution in [0.15, 0.2) is 48.1 Å². The Labute approximate surface area is 161 Å². The third-order valence-electron chi connectivity index (χ3n) is 4.36. The van der Waals surface area contributed by atoms with Gasteiger partial charge in [0.05, 0.1) is 17.9 Å². The summed E-state index contributed by atoms with van der Waals surface area (Å²) in [5, 5.41) is 7.37. The van der Waals surface area contributed by atoms with E-state index in [1.165, 1.54) is 6.33 Å². The molecule has 0 aliphatic carbocycles. The van der Waals surface area contributed by atoms with Gasteiger partial charge in [-0.25, -0.2) is 9.97 Å². The molecule has 1 unspecified atom stereocenters. The first-order valence-electron chi connectivity index (χ1n) is 8.60. The molecule has 0 saturated carbocycles. The van der Waals surface area contributed by atoms with E-state index in [9.17, 15) is 0 Å². The number of rotatable bonds is 6. The molecule has 0 fully saturated rings. The van der Waals surface area contributed by atoms with E-state index in [0.717, 1.165) is 27.8 Å². The SMILES string of the molecule is COC(C)c1nc(CN(C)c2cc(-c3ccccc3)nc3ncnn23)cs1. The molecule has 138 valence electrons. The molecule has 0 bridgehead atoms. The summed E-state index contributed by atoms with van der Waals surface area (Å²) < 4.78 is 7.10. The first-order chi connectivity index (χ1) is 13.2. The number of hydrogen-bond donors (Lipinski definition) is 0. The summed E-state index contributed by atoms with van der Waals surface area (Å²) in [4.78, 5) is 15.7. The first-order valence-corrected chi connectivity index (χ1v) is 9.48. The summed E-state index contributed by atoms with van der Waals surface area (Å²) in [6.45, 7) is 2.65. The van der Waals surface area contributed by atoms with Gasteiger partial charge in [-0.1, -0.05) is 30.3 Å². The Hall–Kier alpha value is -2.84. The Morgan fingerprint density at radius 3 is 2.81 bits per heavy atom. The monoisotopic (exact) mass is 380 g/mol. The average Bonchev–Trinajstić information content (AvgIpc) is 3.36. The van der Waals surface area contributed by atoms with E-state index in [4.69, 9.17) is 4.74 Å². The molecule has 1 aromatic carbocycles. The minimum atomic E-state index is 0.00156. The van der Waals surface area contributed by atoms with Crippen LogP contribution in [0.25, 0.3) is 17.0 Å². The molecule has 0 amide bonds. The van der Waals surface area contributed by atoms with E-state index in [2.05, 4.69) is 30.3 Å². The van der Waals surface area contributed by atoms with Crippen LogP contribution in [0.2, 0.25) is 0 Å². The Balaban J connectivity index is 1.67. The quantitative estimate of drug-likeness (QED) is 0.509. The number of ether oxygens (including phenoxy) is 1. The van der Waals surface area contributed by atoms with Crippen LogP contribution >= 0.6 is 11.3 Å². The fourth-order valence-electron chi connectivity index (χ4n) is 2.83. The molecule has 0 aliphatic heterocycles. The van der Waals surface area contributed by atoms with Gasteiger partial charge >= 0.3 is 0 Å². The highest BCUT2D eigenvalue weighted by atomic mass is 32.1. The van der Waals surface area contributed by atoms with Crippen LogP contribution in [0.1, 0.15) is 23.7 Å². The van der Waals surface area contributed by atoms with Gasteiger partial charge < -0.3 is 9.64 Å². The lowest BCUT2D eigenvalue weighted by molar-refractivity contribution is 0.119. The lowest BCUT2D eigenvalue weighted by atomic mass is 10.1. The molecule has 0 aliphatic rings. The number of thiazole rings is 1. The molecule has 3 heterocycles. The predicted molar refractivity (Wildman–Crippen MR) is 106 cm³/mol. The molecule has 1 atom stereocenters. The topological polar surface area (TPSA) is 68.4 Å². The number of aromatic nitrogens is 5. The average molecular weight is 380 g/mol. The summed E-state index contributed by atoms with van der Waals surface area (Å²) in [5.74, 6) is 1.48. The van der Waals surface area contributed by atoms with E-state index in [1.807, 2.05) is 50.4 Å². The second-order valence-electron chi connectivity index (χ2n) is 6.25. The van der Waals surface area contributed by atoms with Gasteiger partial charge in [0, 0.05) is 31.2 Å². The van der Waals surface area contributed by atoms with Gasteiger partial charge in [-0.15, -0.1) is 11.3 Å². The fourth-order valence-corrected chi connectivity index (χ4v) is 3.67. The number of nitrogens with zero attached hydrogens (tertiary/aromatic N) is 6. The van der Waals surface area contributed by atoms with Gasteiger partial charge in [-0.3, -0.25) is 0 Å². The van der Waals surface area contributed by atoms with Gasteiger partial charge in [0.1, 0.15) is 23.3 Å². The molecule has 0 spiro atoms. The molecule has 8 heteroatoms. The maximum atomic E-state index is 5.35. The third kappa shape index (κ3) is 3.54. The van der Waals surface area contributed by atoms with Crippen molar-refractivity contribution < 1.29 is 4.74 Å². The van der Waals surface area contributed by atoms with Crippen molar-refractivity contribution in [3.05, 3.63) is 58.8 Å². The Morgan fingerprint density at radius 2 is 2.04 bits per heavy atom. The van der Waals surface area contributed by atoms with Gasteiger partial charge in [0.2, 0.25) is 0 Å². The molecule has 0 saturated heterocycles. The highest BCUT2D eigenvalue weighted by Crippen LogP contribution is 2.25. The standard InChI is InChI=1S/C19H20N6OS/c1-13(26-3)18-22-15(11-27-18)10-24(2)17-9-16(14-7-5-4-6-8-14)23-19-20-12-21-25(17)19/h4-9,11-13H,10H2,1-3H3. The lowest BCUT2D eigenvalue weighted by Crippen LogP contribution is -2.20. The zero-order valence-electron chi connectivity index (χ0n) is 15.4. The van der Waals surface area contributed by atoms with E-state index in [0.29, 0.717) is 12.3 Å². The first kappa shape index (κ1) is 17.6. The van der Waals surface area contributed by atoms with Crippen molar-refractivity contribution in [3.63, 3.8) is 0 Å². The second kappa shape index (κ2) is 7.42. The van der Waals surface area contributed by atoms with Crippen molar-refractivity contribution in [2.24, 2.45) is 0 Å². The predicted octanol–water partition coefficient (Wildman–Crippen LogP) is 3.59. The van der Waals surface area contributed by atoms with Crippen molar-refractivity contribution in [1.29, 1.82) is 0 Å². The largest absolute Gasteiger partial charge is 0.375 e. The Morgan fingerprint density at radius 1 is 1.22 bits per heavy atom. The minimum absolute atomic E-state index is 0.00156. The van der Waals surface area contributed by atoms with Crippen LogP contribution in [-0.4, -0.2) is 38.7 Å². The summed E-state index contributed by atoms with van der Waals surface area (Å²) in [5.41, 5.74) is 2.90. The van der Waals surface area contributed by atoms with E-state index >= 15 is 0 Å². The minimum Gasteiger partial charge on any atom is -0.375 e. The summed E-state index contributed by atoms with van der Waals surface area (Å²) in [7, 11) is 3.71. The van der Waals surface area contributed by atoms with Crippen LogP contribution in [0.4, 0.5) is 5.82 Å². The Bertz CT molecular complexity index is 1040. The number of methoxy groups -OCH3 is 1. The van der Waals surface area contributed by atoms with Gasteiger partial charge in [-0.05, 0) is 6.92 Å². The maximum Gasteiger partial charge on any atom is 0.254 e. The summed E-state index contributed by atoms with van der Waals surface area (Å²) in [6.07, 6.45) is 1.53. The zero-order valence-corrected chi connectivity index (χ0v) is 16.2.